The average molecular weight is 239 g/mol. The highest BCUT2D eigenvalue weighted by atomic mass is 32.2. The molecule has 0 aliphatic heterocycles. The third-order valence-corrected chi connectivity index (χ3v) is 2.49. The number of thioether (sulfide) groups is 1. The fourth-order valence-corrected chi connectivity index (χ4v) is 1.49. The maximum Gasteiger partial charge on any atom is 0.413 e. The van der Waals surface area contributed by atoms with Crippen LogP contribution in [0.4, 0.5) is 4.79 Å². The van der Waals surface area contributed by atoms with Gasteiger partial charge in [-0.05, 0) is 51.3 Å². The third-order valence-electron chi connectivity index (χ3n) is 1.75. The second-order valence-electron chi connectivity index (χ2n) is 4.44. The Balaban J connectivity index is 2.56. The van der Waals surface area contributed by atoms with Gasteiger partial charge >= 0.3 is 6.09 Å². The molecule has 0 bridgehead atoms. The molecule has 0 aliphatic carbocycles. The monoisotopic (exact) mass is 239 g/mol. The first-order chi connectivity index (χ1) is 7.40. The van der Waals surface area contributed by atoms with E-state index < -0.39 is 6.09 Å². The highest BCUT2D eigenvalue weighted by Crippen LogP contribution is 2.19. The number of benzene rings is 1. The lowest BCUT2D eigenvalue weighted by Gasteiger charge is -2.19. The van der Waals surface area contributed by atoms with Crippen LogP contribution in [0.25, 0.3) is 0 Å². The van der Waals surface area contributed by atoms with Crippen LogP contribution in [-0.4, -0.2) is 17.9 Å². The summed E-state index contributed by atoms with van der Waals surface area (Å²) in [7, 11) is 0. The minimum atomic E-state index is -0.426. The summed E-state index contributed by atoms with van der Waals surface area (Å²) in [5, 5.41) is 2.73. The molecule has 0 atom stereocenters. The Bertz CT molecular complexity index is 354. The van der Waals surface area contributed by atoms with Gasteiger partial charge in [0, 0.05) is 10.4 Å². The molecule has 0 unspecified atom stereocenters. The van der Waals surface area contributed by atoms with Gasteiger partial charge in [-0.3, -0.25) is 0 Å². The van der Waals surface area contributed by atoms with Crippen molar-refractivity contribution in [1.82, 2.24) is 5.32 Å². The maximum absolute atomic E-state index is 11.4. The van der Waals surface area contributed by atoms with Gasteiger partial charge in [0.2, 0.25) is 0 Å². The van der Waals surface area contributed by atoms with Gasteiger partial charge in [-0.1, -0.05) is 0 Å². The Morgan fingerprint density at radius 3 is 2.25 bits per heavy atom. The van der Waals surface area contributed by atoms with Crippen LogP contribution in [0.3, 0.4) is 0 Å². The number of hydrogen-bond acceptors (Lipinski definition) is 3. The van der Waals surface area contributed by atoms with E-state index >= 15 is 0 Å². The first kappa shape index (κ1) is 12.9. The molecule has 0 aliphatic rings. The highest BCUT2D eigenvalue weighted by molar-refractivity contribution is 7.98. The van der Waals surface area contributed by atoms with Crippen molar-refractivity contribution in [3.8, 4) is 5.75 Å². The normalized spacial score (nSPS) is 11.0. The number of ether oxygens (including phenoxy) is 1. The molecular weight excluding hydrogens is 222 g/mol. The third kappa shape index (κ3) is 4.57. The summed E-state index contributed by atoms with van der Waals surface area (Å²) in [4.78, 5) is 12.6. The van der Waals surface area contributed by atoms with E-state index in [1.54, 1.807) is 23.9 Å². The first-order valence-electron chi connectivity index (χ1n) is 5.05. The standard InChI is InChI=1S/C12H17NO2S/c1-12(2,3)13-11(14)15-9-5-7-10(16-4)8-6-9/h5-8H,1-4H3,(H,13,14). The average Bonchev–Trinajstić information content (AvgIpc) is 2.16. The summed E-state index contributed by atoms with van der Waals surface area (Å²) in [6.07, 6.45) is 1.58. The van der Waals surface area contributed by atoms with Crippen molar-refractivity contribution < 1.29 is 9.53 Å². The largest absolute Gasteiger partial charge is 0.413 e. The zero-order chi connectivity index (χ0) is 12.2. The Hall–Kier alpha value is -1.16. The van der Waals surface area contributed by atoms with Crippen molar-refractivity contribution in [2.24, 2.45) is 0 Å². The minimum Gasteiger partial charge on any atom is -0.410 e. The Morgan fingerprint density at radius 1 is 1.25 bits per heavy atom. The predicted octanol–water partition coefficient (Wildman–Crippen LogP) is 3.30. The van der Waals surface area contributed by atoms with E-state index in [-0.39, 0.29) is 5.54 Å². The van der Waals surface area contributed by atoms with Crippen LogP contribution >= 0.6 is 11.8 Å². The zero-order valence-electron chi connectivity index (χ0n) is 10.0. The van der Waals surface area contributed by atoms with Gasteiger partial charge in [0.05, 0.1) is 0 Å². The van der Waals surface area contributed by atoms with Crippen molar-refractivity contribution in [3.05, 3.63) is 24.3 Å². The zero-order valence-corrected chi connectivity index (χ0v) is 10.9. The molecule has 1 N–H and O–H groups in total. The second kappa shape index (κ2) is 5.25. The van der Waals surface area contributed by atoms with Gasteiger partial charge < -0.3 is 10.1 Å². The van der Waals surface area contributed by atoms with Crippen molar-refractivity contribution in [2.45, 2.75) is 31.2 Å². The minimum absolute atomic E-state index is 0.281. The lowest BCUT2D eigenvalue weighted by molar-refractivity contribution is 0.190. The van der Waals surface area contributed by atoms with Crippen LogP contribution in [-0.2, 0) is 0 Å². The molecule has 0 spiro atoms. The molecule has 88 valence electrons. The topological polar surface area (TPSA) is 38.3 Å². The number of hydrogen-bond donors (Lipinski definition) is 1. The number of nitrogens with one attached hydrogen (secondary N) is 1. The molecule has 1 rings (SSSR count). The van der Waals surface area contributed by atoms with Crippen LogP contribution in [0.2, 0.25) is 0 Å². The smallest absolute Gasteiger partial charge is 0.410 e. The molecule has 16 heavy (non-hydrogen) atoms. The molecule has 0 aromatic heterocycles. The molecule has 0 fully saturated rings. The van der Waals surface area contributed by atoms with Gasteiger partial charge in [0.25, 0.3) is 0 Å². The second-order valence-corrected chi connectivity index (χ2v) is 5.32. The number of carbonyl (C=O) groups excluding carboxylic acids is 1. The molecule has 1 aromatic rings. The Kier molecular flexibility index (Phi) is 4.24. The van der Waals surface area contributed by atoms with Gasteiger partial charge in [0.15, 0.2) is 0 Å². The molecule has 0 heterocycles. The molecule has 1 aromatic carbocycles. The van der Waals surface area contributed by atoms with Crippen molar-refractivity contribution in [1.29, 1.82) is 0 Å². The summed E-state index contributed by atoms with van der Waals surface area (Å²) in [5.41, 5.74) is -0.281. The summed E-state index contributed by atoms with van der Waals surface area (Å²) in [5.74, 6) is 0.555. The lowest BCUT2D eigenvalue weighted by Crippen LogP contribution is -2.42. The van der Waals surface area contributed by atoms with E-state index in [9.17, 15) is 4.79 Å². The van der Waals surface area contributed by atoms with Crippen LogP contribution in [0.5, 0.6) is 5.75 Å². The van der Waals surface area contributed by atoms with Gasteiger partial charge in [0.1, 0.15) is 5.75 Å². The Labute approximate surface area is 101 Å². The van der Waals surface area contributed by atoms with Crippen molar-refractivity contribution in [3.63, 3.8) is 0 Å². The molecule has 1 amide bonds. The predicted molar refractivity (Wildman–Crippen MR) is 67.1 cm³/mol. The van der Waals surface area contributed by atoms with Crippen molar-refractivity contribution in [2.75, 3.05) is 6.26 Å². The number of amides is 1. The molecule has 3 nitrogen and oxygen atoms in total. The molecular formula is C12H17NO2S. The van der Waals surface area contributed by atoms with Crippen molar-refractivity contribution >= 4 is 17.9 Å². The summed E-state index contributed by atoms with van der Waals surface area (Å²) in [6.45, 7) is 5.72. The molecule has 4 heteroatoms. The van der Waals surface area contributed by atoms with E-state index in [1.165, 1.54) is 0 Å². The van der Waals surface area contributed by atoms with E-state index in [4.69, 9.17) is 4.74 Å². The van der Waals surface area contributed by atoms with Gasteiger partial charge in [-0.15, -0.1) is 11.8 Å². The van der Waals surface area contributed by atoms with Gasteiger partial charge in [-0.25, -0.2) is 4.79 Å². The SMILES string of the molecule is CSc1ccc(OC(=O)NC(C)(C)C)cc1. The van der Waals surface area contributed by atoms with Crippen LogP contribution in [0.15, 0.2) is 29.2 Å². The van der Waals surface area contributed by atoms with E-state index in [1.807, 2.05) is 39.2 Å². The van der Waals surface area contributed by atoms with E-state index in [0.29, 0.717) is 5.75 Å². The summed E-state index contributed by atoms with van der Waals surface area (Å²) in [6, 6.07) is 7.41. The highest BCUT2D eigenvalue weighted by Gasteiger charge is 2.14. The summed E-state index contributed by atoms with van der Waals surface area (Å²) >= 11 is 1.65. The van der Waals surface area contributed by atoms with Crippen LogP contribution in [0, 0.1) is 0 Å². The van der Waals surface area contributed by atoms with E-state index in [2.05, 4.69) is 5.32 Å². The lowest BCUT2D eigenvalue weighted by atomic mass is 10.1. The van der Waals surface area contributed by atoms with Crippen LogP contribution in [0.1, 0.15) is 20.8 Å². The first-order valence-corrected chi connectivity index (χ1v) is 6.27. The molecule has 0 saturated carbocycles. The van der Waals surface area contributed by atoms with Crippen LogP contribution < -0.4 is 10.1 Å². The fourth-order valence-electron chi connectivity index (χ4n) is 1.08. The number of carbonyl (C=O) groups is 1. The summed E-state index contributed by atoms with van der Waals surface area (Å²) < 4.78 is 5.13. The quantitative estimate of drug-likeness (QED) is 0.805. The maximum atomic E-state index is 11.4. The van der Waals surface area contributed by atoms with Gasteiger partial charge in [-0.2, -0.15) is 0 Å². The number of rotatable bonds is 2. The van der Waals surface area contributed by atoms with E-state index in [0.717, 1.165) is 4.90 Å². The Morgan fingerprint density at radius 2 is 1.81 bits per heavy atom. The molecule has 0 radical (unpaired) electrons. The molecule has 0 saturated heterocycles. The fraction of sp³-hybridized carbons (Fsp3) is 0.417.